The summed E-state index contributed by atoms with van der Waals surface area (Å²) in [7, 11) is 0. The normalized spacial score (nSPS) is 20.4. The fourth-order valence-corrected chi connectivity index (χ4v) is 3.05. The Morgan fingerprint density at radius 1 is 1.39 bits per heavy atom. The number of aryl methyl sites for hydroxylation is 1. The SMILES string of the molecule is CC(CCCCl)NCC1CCCc2ccccc21. The van der Waals surface area contributed by atoms with E-state index in [2.05, 4.69) is 36.5 Å². The number of rotatable bonds is 6. The summed E-state index contributed by atoms with van der Waals surface area (Å²) < 4.78 is 0. The van der Waals surface area contributed by atoms with Gasteiger partial charge in [0.15, 0.2) is 0 Å². The van der Waals surface area contributed by atoms with Crippen molar-refractivity contribution in [1.29, 1.82) is 0 Å². The highest BCUT2D eigenvalue weighted by atomic mass is 35.5. The third kappa shape index (κ3) is 3.73. The zero-order valence-electron chi connectivity index (χ0n) is 11.3. The molecule has 2 atom stereocenters. The fourth-order valence-electron chi connectivity index (χ4n) is 2.90. The van der Waals surface area contributed by atoms with Crippen molar-refractivity contribution in [3.63, 3.8) is 0 Å². The van der Waals surface area contributed by atoms with Crippen LogP contribution in [0.2, 0.25) is 0 Å². The van der Waals surface area contributed by atoms with E-state index in [1.54, 1.807) is 11.1 Å². The number of fused-ring (bicyclic) bond motifs is 1. The minimum absolute atomic E-state index is 0.581. The topological polar surface area (TPSA) is 12.0 Å². The second-order valence-electron chi connectivity index (χ2n) is 5.43. The number of nitrogens with one attached hydrogen (secondary N) is 1. The van der Waals surface area contributed by atoms with Crippen molar-refractivity contribution >= 4 is 11.6 Å². The molecule has 2 heteroatoms. The van der Waals surface area contributed by atoms with E-state index in [0.29, 0.717) is 12.0 Å². The predicted molar refractivity (Wildman–Crippen MR) is 79.5 cm³/mol. The van der Waals surface area contributed by atoms with Crippen LogP contribution in [0.3, 0.4) is 0 Å². The highest BCUT2D eigenvalue weighted by Crippen LogP contribution is 2.30. The Labute approximate surface area is 116 Å². The molecule has 0 aromatic heterocycles. The summed E-state index contributed by atoms with van der Waals surface area (Å²) in [5, 5.41) is 3.67. The molecular formula is C16H24ClN. The lowest BCUT2D eigenvalue weighted by molar-refractivity contribution is 0.449. The molecule has 100 valence electrons. The molecule has 1 N–H and O–H groups in total. The van der Waals surface area contributed by atoms with Gasteiger partial charge in [-0.25, -0.2) is 0 Å². The van der Waals surface area contributed by atoms with Crippen molar-refractivity contribution < 1.29 is 0 Å². The first-order chi connectivity index (χ1) is 8.81. The molecule has 0 saturated heterocycles. The van der Waals surface area contributed by atoms with Gasteiger partial charge in [0.1, 0.15) is 0 Å². The zero-order chi connectivity index (χ0) is 12.8. The second-order valence-corrected chi connectivity index (χ2v) is 5.81. The zero-order valence-corrected chi connectivity index (χ0v) is 12.0. The molecule has 2 rings (SSSR count). The van der Waals surface area contributed by atoms with E-state index in [1.165, 1.54) is 25.7 Å². The van der Waals surface area contributed by atoms with Crippen LogP contribution >= 0.6 is 11.6 Å². The molecule has 1 aliphatic rings. The fraction of sp³-hybridized carbons (Fsp3) is 0.625. The smallest absolute Gasteiger partial charge is 0.0224 e. The van der Waals surface area contributed by atoms with E-state index in [4.69, 9.17) is 11.6 Å². The maximum atomic E-state index is 5.73. The third-order valence-corrected chi connectivity index (χ3v) is 4.24. The lowest BCUT2D eigenvalue weighted by atomic mass is 9.83. The standard InChI is InChI=1S/C16H24ClN/c1-13(6-5-11-17)18-12-15-9-4-8-14-7-2-3-10-16(14)15/h2-3,7,10,13,15,18H,4-6,8-9,11-12H2,1H3. The van der Waals surface area contributed by atoms with Crippen LogP contribution in [0.4, 0.5) is 0 Å². The van der Waals surface area contributed by atoms with Crippen LogP contribution in [-0.4, -0.2) is 18.5 Å². The quantitative estimate of drug-likeness (QED) is 0.764. The monoisotopic (exact) mass is 265 g/mol. The van der Waals surface area contributed by atoms with E-state index in [0.717, 1.165) is 18.8 Å². The Kier molecular flexibility index (Phi) is 5.52. The minimum Gasteiger partial charge on any atom is -0.314 e. The highest BCUT2D eigenvalue weighted by molar-refractivity contribution is 6.17. The third-order valence-electron chi connectivity index (χ3n) is 3.98. The van der Waals surface area contributed by atoms with Crippen LogP contribution in [-0.2, 0) is 6.42 Å². The second kappa shape index (κ2) is 7.16. The molecule has 0 saturated carbocycles. The van der Waals surface area contributed by atoms with Crippen LogP contribution in [0, 0.1) is 0 Å². The molecule has 0 aliphatic heterocycles. The van der Waals surface area contributed by atoms with Crippen molar-refractivity contribution in [2.75, 3.05) is 12.4 Å². The Morgan fingerprint density at radius 3 is 3.06 bits per heavy atom. The Hall–Kier alpha value is -0.530. The summed E-state index contributed by atoms with van der Waals surface area (Å²) in [6, 6.07) is 9.52. The van der Waals surface area contributed by atoms with Gasteiger partial charge in [0.2, 0.25) is 0 Å². The van der Waals surface area contributed by atoms with Gasteiger partial charge in [-0.3, -0.25) is 0 Å². The molecule has 0 bridgehead atoms. The van der Waals surface area contributed by atoms with Gasteiger partial charge >= 0.3 is 0 Å². The molecule has 2 unspecified atom stereocenters. The summed E-state index contributed by atoms with van der Waals surface area (Å²) in [6.45, 7) is 3.38. The molecule has 0 heterocycles. The molecule has 1 aromatic carbocycles. The van der Waals surface area contributed by atoms with Gasteiger partial charge in [-0.1, -0.05) is 24.3 Å². The molecule has 1 aromatic rings. The molecule has 0 amide bonds. The van der Waals surface area contributed by atoms with Gasteiger partial charge < -0.3 is 5.32 Å². The van der Waals surface area contributed by atoms with Crippen LogP contribution in [0.15, 0.2) is 24.3 Å². The Bertz CT molecular complexity index is 364. The van der Waals surface area contributed by atoms with Crippen molar-refractivity contribution in [2.45, 2.75) is 51.0 Å². The number of halogens is 1. The first kappa shape index (κ1) is 13.9. The average Bonchev–Trinajstić information content (AvgIpc) is 2.42. The lowest BCUT2D eigenvalue weighted by Gasteiger charge is -2.27. The molecule has 1 nitrogen and oxygen atoms in total. The van der Waals surface area contributed by atoms with E-state index in [1.807, 2.05) is 0 Å². The summed E-state index contributed by atoms with van der Waals surface area (Å²) >= 11 is 5.73. The number of hydrogen-bond acceptors (Lipinski definition) is 1. The molecule has 0 radical (unpaired) electrons. The largest absolute Gasteiger partial charge is 0.314 e. The van der Waals surface area contributed by atoms with Crippen molar-refractivity contribution in [3.8, 4) is 0 Å². The van der Waals surface area contributed by atoms with Crippen molar-refractivity contribution in [3.05, 3.63) is 35.4 Å². The predicted octanol–water partition coefficient (Wildman–Crippen LogP) is 4.10. The van der Waals surface area contributed by atoms with Gasteiger partial charge in [-0.05, 0) is 56.1 Å². The van der Waals surface area contributed by atoms with Gasteiger partial charge in [-0.2, -0.15) is 0 Å². The van der Waals surface area contributed by atoms with Gasteiger partial charge in [0.05, 0.1) is 0 Å². The Morgan fingerprint density at radius 2 is 2.22 bits per heavy atom. The van der Waals surface area contributed by atoms with Gasteiger partial charge in [0, 0.05) is 18.5 Å². The first-order valence-electron chi connectivity index (χ1n) is 7.18. The lowest BCUT2D eigenvalue weighted by Crippen LogP contribution is -2.31. The number of benzene rings is 1. The molecule has 0 fully saturated rings. The van der Waals surface area contributed by atoms with E-state index in [-0.39, 0.29) is 0 Å². The number of hydrogen-bond donors (Lipinski definition) is 1. The van der Waals surface area contributed by atoms with Gasteiger partial charge in [0.25, 0.3) is 0 Å². The van der Waals surface area contributed by atoms with E-state index >= 15 is 0 Å². The van der Waals surface area contributed by atoms with Gasteiger partial charge in [-0.15, -0.1) is 11.6 Å². The minimum atomic E-state index is 0.581. The summed E-state index contributed by atoms with van der Waals surface area (Å²) in [6.07, 6.45) is 6.20. The van der Waals surface area contributed by atoms with Crippen LogP contribution in [0.25, 0.3) is 0 Å². The summed E-state index contributed by atoms with van der Waals surface area (Å²) in [5.74, 6) is 1.48. The van der Waals surface area contributed by atoms with E-state index < -0.39 is 0 Å². The van der Waals surface area contributed by atoms with Crippen LogP contribution in [0.5, 0.6) is 0 Å². The molecule has 0 spiro atoms. The summed E-state index contributed by atoms with van der Waals surface area (Å²) in [5.41, 5.74) is 3.13. The maximum absolute atomic E-state index is 5.73. The average molecular weight is 266 g/mol. The van der Waals surface area contributed by atoms with E-state index in [9.17, 15) is 0 Å². The highest BCUT2D eigenvalue weighted by Gasteiger charge is 2.19. The molecule has 18 heavy (non-hydrogen) atoms. The summed E-state index contributed by atoms with van der Waals surface area (Å²) in [4.78, 5) is 0. The van der Waals surface area contributed by atoms with Crippen LogP contribution < -0.4 is 5.32 Å². The van der Waals surface area contributed by atoms with Crippen molar-refractivity contribution in [1.82, 2.24) is 5.32 Å². The van der Waals surface area contributed by atoms with Crippen molar-refractivity contribution in [2.24, 2.45) is 0 Å². The molecular weight excluding hydrogens is 242 g/mol. The number of alkyl halides is 1. The first-order valence-corrected chi connectivity index (χ1v) is 7.72. The maximum Gasteiger partial charge on any atom is 0.0224 e. The Balaban J connectivity index is 1.87. The van der Waals surface area contributed by atoms with Crippen LogP contribution in [0.1, 0.15) is 49.7 Å². The molecule has 1 aliphatic carbocycles.